The van der Waals surface area contributed by atoms with E-state index in [1.165, 1.54) is 7.11 Å². The van der Waals surface area contributed by atoms with Gasteiger partial charge in [-0.1, -0.05) is 6.92 Å². The number of hydrogen-bond donors (Lipinski definition) is 0. The lowest BCUT2D eigenvalue weighted by Gasteiger charge is -2.14. The molecule has 1 aliphatic carbocycles. The Kier molecular flexibility index (Phi) is 5.04. The molecule has 0 saturated heterocycles. The second-order valence-corrected chi connectivity index (χ2v) is 4.06. The topological polar surface area (TPSA) is 43.4 Å². The maximum Gasteiger partial charge on any atom is 0.305 e. The predicted octanol–water partition coefficient (Wildman–Crippen LogP) is 1.95. The van der Waals surface area contributed by atoms with Gasteiger partial charge in [0.2, 0.25) is 0 Å². The number of carbonyl (C=O) groups excluding carboxylic acids is 2. The lowest BCUT2D eigenvalue weighted by Crippen LogP contribution is -2.18. The van der Waals surface area contributed by atoms with E-state index >= 15 is 0 Å². The monoisotopic (exact) mass is 222 g/mol. The van der Waals surface area contributed by atoms with Gasteiger partial charge in [0.25, 0.3) is 0 Å². The van der Waals surface area contributed by atoms with Crippen molar-refractivity contribution in [2.75, 3.05) is 7.11 Å². The first kappa shape index (κ1) is 12.8. The summed E-state index contributed by atoms with van der Waals surface area (Å²) in [6, 6.07) is 0. The highest BCUT2D eigenvalue weighted by Crippen LogP contribution is 2.33. The second kappa shape index (κ2) is 6.32. The maximum absolute atomic E-state index is 11.6. The van der Waals surface area contributed by atoms with Crippen LogP contribution in [0.3, 0.4) is 0 Å². The smallest absolute Gasteiger partial charge is 0.305 e. The third kappa shape index (κ3) is 3.37. The van der Waals surface area contributed by atoms with Crippen LogP contribution in [0.5, 0.6) is 0 Å². The molecular weight excluding hydrogens is 204 g/mol. The van der Waals surface area contributed by atoms with Gasteiger partial charge in [-0.3, -0.25) is 9.59 Å². The largest absolute Gasteiger partial charge is 0.469 e. The predicted molar refractivity (Wildman–Crippen MR) is 60.5 cm³/mol. The lowest BCUT2D eigenvalue weighted by atomic mass is 9.90. The van der Waals surface area contributed by atoms with E-state index in [1.807, 2.05) is 6.92 Å². The zero-order valence-electron chi connectivity index (χ0n) is 9.91. The number of hydrogen-bond acceptors (Lipinski definition) is 3. The fraction of sp³-hybridized carbons (Fsp3) is 0.692. The molecule has 0 aliphatic heterocycles. The Balaban J connectivity index is 2.55. The van der Waals surface area contributed by atoms with E-state index in [-0.39, 0.29) is 23.6 Å². The Morgan fingerprint density at radius 3 is 2.88 bits per heavy atom. The van der Waals surface area contributed by atoms with Crippen molar-refractivity contribution in [2.45, 2.75) is 39.0 Å². The van der Waals surface area contributed by atoms with E-state index < -0.39 is 0 Å². The minimum atomic E-state index is -0.229. The summed E-state index contributed by atoms with van der Waals surface area (Å²) in [5.74, 6) is 6.07. The third-order valence-corrected chi connectivity index (χ3v) is 3.02. The Labute approximate surface area is 96.5 Å². The molecule has 0 heterocycles. The molecule has 1 rings (SSSR count). The van der Waals surface area contributed by atoms with Crippen molar-refractivity contribution in [3.63, 3.8) is 0 Å². The van der Waals surface area contributed by atoms with Crippen molar-refractivity contribution in [2.24, 2.45) is 11.8 Å². The van der Waals surface area contributed by atoms with Crippen LogP contribution in [0.2, 0.25) is 0 Å². The van der Waals surface area contributed by atoms with Crippen molar-refractivity contribution in [3.05, 3.63) is 0 Å². The third-order valence-electron chi connectivity index (χ3n) is 3.02. The molecule has 1 aliphatic rings. The summed E-state index contributed by atoms with van der Waals surface area (Å²) in [5.41, 5.74) is 0. The quantitative estimate of drug-likeness (QED) is 0.541. The van der Waals surface area contributed by atoms with Crippen LogP contribution in [0, 0.1) is 23.7 Å². The van der Waals surface area contributed by atoms with Crippen LogP contribution in [0.1, 0.15) is 39.0 Å². The van der Waals surface area contributed by atoms with Crippen molar-refractivity contribution in [1.82, 2.24) is 0 Å². The molecule has 0 spiro atoms. The van der Waals surface area contributed by atoms with Gasteiger partial charge in [-0.15, -0.1) is 11.8 Å². The van der Waals surface area contributed by atoms with Crippen LogP contribution in [0.15, 0.2) is 0 Å². The van der Waals surface area contributed by atoms with Gasteiger partial charge in [0, 0.05) is 31.6 Å². The highest BCUT2D eigenvalue weighted by molar-refractivity contribution is 5.84. The average Bonchev–Trinajstić information content (AvgIpc) is 2.61. The summed E-state index contributed by atoms with van der Waals surface area (Å²) in [5, 5.41) is 0. The Bertz CT molecular complexity index is 322. The van der Waals surface area contributed by atoms with Crippen molar-refractivity contribution < 1.29 is 14.3 Å². The summed E-state index contributed by atoms with van der Waals surface area (Å²) in [4.78, 5) is 22.8. The molecule has 1 saturated carbocycles. The Morgan fingerprint density at radius 1 is 1.50 bits per heavy atom. The van der Waals surface area contributed by atoms with E-state index in [2.05, 4.69) is 16.6 Å². The molecular formula is C13H18O3. The average molecular weight is 222 g/mol. The van der Waals surface area contributed by atoms with Crippen LogP contribution >= 0.6 is 0 Å². The molecule has 0 radical (unpaired) electrons. The van der Waals surface area contributed by atoms with Gasteiger partial charge in [0.15, 0.2) is 0 Å². The number of ketones is 1. The Morgan fingerprint density at radius 2 is 2.25 bits per heavy atom. The van der Waals surface area contributed by atoms with Crippen LogP contribution in [0.25, 0.3) is 0 Å². The number of ether oxygens (including phenoxy) is 1. The van der Waals surface area contributed by atoms with Gasteiger partial charge < -0.3 is 4.74 Å². The van der Waals surface area contributed by atoms with E-state index in [4.69, 9.17) is 0 Å². The standard InChI is InChI=1S/C13H18O3/c1-3-4-5-6-11-10(7-8-12(11)14)9-13(15)16-2/h10-11H,3,6-9H2,1-2H3/t10-,11+/m0/s1. The molecule has 0 aromatic carbocycles. The first-order valence-corrected chi connectivity index (χ1v) is 5.74. The molecule has 3 nitrogen and oxygen atoms in total. The van der Waals surface area contributed by atoms with Crippen molar-refractivity contribution in [1.29, 1.82) is 0 Å². The summed E-state index contributed by atoms with van der Waals surface area (Å²) >= 11 is 0. The lowest BCUT2D eigenvalue weighted by molar-refractivity contribution is -0.142. The molecule has 2 atom stereocenters. The normalized spacial score (nSPS) is 23.8. The highest BCUT2D eigenvalue weighted by atomic mass is 16.5. The minimum Gasteiger partial charge on any atom is -0.469 e. The van der Waals surface area contributed by atoms with E-state index in [1.54, 1.807) is 0 Å². The van der Waals surface area contributed by atoms with Gasteiger partial charge in [0.1, 0.15) is 5.78 Å². The van der Waals surface area contributed by atoms with Crippen molar-refractivity contribution >= 4 is 11.8 Å². The number of methoxy groups -OCH3 is 1. The molecule has 0 bridgehead atoms. The molecule has 3 heteroatoms. The van der Waals surface area contributed by atoms with Crippen LogP contribution in [-0.2, 0) is 14.3 Å². The maximum atomic E-state index is 11.6. The SMILES string of the molecule is CCC#CC[C@H]1C(=O)CC[C@H]1CC(=O)OC. The Hall–Kier alpha value is -1.30. The zero-order chi connectivity index (χ0) is 12.0. The fourth-order valence-corrected chi connectivity index (χ4v) is 2.11. The molecule has 0 N–H and O–H groups in total. The molecule has 0 aromatic heterocycles. The summed E-state index contributed by atoms with van der Waals surface area (Å²) in [6.07, 6.45) is 3.13. The molecule has 0 aromatic rings. The second-order valence-electron chi connectivity index (χ2n) is 4.06. The molecule has 88 valence electrons. The zero-order valence-corrected chi connectivity index (χ0v) is 9.91. The van der Waals surface area contributed by atoms with Crippen molar-refractivity contribution in [3.8, 4) is 11.8 Å². The van der Waals surface area contributed by atoms with E-state index in [9.17, 15) is 9.59 Å². The molecule has 0 amide bonds. The van der Waals surface area contributed by atoms with Gasteiger partial charge in [0.05, 0.1) is 7.11 Å². The van der Waals surface area contributed by atoms with E-state index in [0.717, 1.165) is 12.8 Å². The summed E-state index contributed by atoms with van der Waals surface area (Å²) in [7, 11) is 1.38. The van der Waals surface area contributed by atoms with Crippen LogP contribution in [-0.4, -0.2) is 18.9 Å². The number of esters is 1. The summed E-state index contributed by atoms with van der Waals surface area (Å²) in [6.45, 7) is 1.98. The fourth-order valence-electron chi connectivity index (χ4n) is 2.11. The number of rotatable bonds is 3. The minimum absolute atomic E-state index is 0.0573. The van der Waals surface area contributed by atoms with Gasteiger partial charge in [-0.05, 0) is 12.3 Å². The van der Waals surface area contributed by atoms with Crippen LogP contribution in [0.4, 0.5) is 0 Å². The van der Waals surface area contributed by atoms with Gasteiger partial charge >= 0.3 is 5.97 Å². The molecule has 1 fully saturated rings. The highest BCUT2D eigenvalue weighted by Gasteiger charge is 2.35. The number of Topliss-reactive ketones (excluding diaryl/α,β-unsaturated/α-hetero) is 1. The number of carbonyl (C=O) groups is 2. The molecule has 16 heavy (non-hydrogen) atoms. The first-order chi connectivity index (χ1) is 7.69. The molecule has 0 unspecified atom stereocenters. The van der Waals surface area contributed by atoms with E-state index in [0.29, 0.717) is 19.3 Å². The first-order valence-electron chi connectivity index (χ1n) is 5.74. The van der Waals surface area contributed by atoms with Gasteiger partial charge in [-0.25, -0.2) is 0 Å². The summed E-state index contributed by atoms with van der Waals surface area (Å²) < 4.78 is 4.64. The van der Waals surface area contributed by atoms with Gasteiger partial charge in [-0.2, -0.15) is 0 Å². The van der Waals surface area contributed by atoms with Crippen LogP contribution < -0.4 is 0 Å².